The Kier molecular flexibility index (Phi) is 8.02. The van der Waals surface area contributed by atoms with Gasteiger partial charge in [-0.25, -0.2) is 5.43 Å². The standard InChI is InChI=1S/C28H29N5O4S/c1-28(2,3)20-8-6-19(7-9-20)26-31-32-27(33(26)21-10-12-22(37-4)13-11-21)38-17-25(36)30-29-16-18-5-14-23(34)24(35)15-18/h5-16,34-35H,17H2,1-4H3,(H,30,36). The van der Waals surface area contributed by atoms with Gasteiger partial charge in [0, 0.05) is 11.3 Å². The average molecular weight is 532 g/mol. The first kappa shape index (κ1) is 26.7. The number of carbonyl (C=O) groups is 1. The molecule has 38 heavy (non-hydrogen) atoms. The Labute approximate surface area is 225 Å². The fourth-order valence-electron chi connectivity index (χ4n) is 3.60. The first-order valence-electron chi connectivity index (χ1n) is 11.8. The fraction of sp³-hybridized carbons (Fsp3) is 0.214. The number of hydrogen-bond donors (Lipinski definition) is 3. The second-order valence-electron chi connectivity index (χ2n) is 9.50. The molecule has 0 spiro atoms. The maximum absolute atomic E-state index is 12.5. The number of aromatic nitrogens is 3. The second-order valence-corrected chi connectivity index (χ2v) is 10.4. The SMILES string of the molecule is COc1ccc(-n2c(SCC(=O)NN=Cc3ccc(O)c(O)c3)nnc2-c2ccc(C(C)(C)C)cc2)cc1. The van der Waals surface area contributed by atoms with E-state index >= 15 is 0 Å². The van der Waals surface area contributed by atoms with Crippen LogP contribution in [0.4, 0.5) is 0 Å². The zero-order valence-corrected chi connectivity index (χ0v) is 22.4. The largest absolute Gasteiger partial charge is 0.504 e. The van der Waals surface area contributed by atoms with Gasteiger partial charge in [-0.15, -0.1) is 10.2 Å². The number of benzene rings is 3. The summed E-state index contributed by atoms with van der Waals surface area (Å²) in [4.78, 5) is 12.5. The van der Waals surface area contributed by atoms with Crippen LogP contribution in [0.25, 0.3) is 17.1 Å². The molecule has 4 rings (SSSR count). The van der Waals surface area contributed by atoms with Gasteiger partial charge in [0.05, 0.1) is 19.1 Å². The van der Waals surface area contributed by atoms with E-state index in [4.69, 9.17) is 4.74 Å². The number of rotatable bonds is 8. The highest BCUT2D eigenvalue weighted by molar-refractivity contribution is 7.99. The summed E-state index contributed by atoms with van der Waals surface area (Å²) in [6.07, 6.45) is 1.38. The highest BCUT2D eigenvalue weighted by Crippen LogP contribution is 2.31. The molecule has 3 N–H and O–H groups in total. The minimum atomic E-state index is -0.338. The molecular weight excluding hydrogens is 502 g/mol. The normalized spacial score (nSPS) is 11.6. The number of aromatic hydroxyl groups is 2. The number of nitrogens with one attached hydrogen (secondary N) is 1. The van der Waals surface area contributed by atoms with Crippen LogP contribution < -0.4 is 10.2 Å². The zero-order chi connectivity index (χ0) is 27.3. The predicted molar refractivity (Wildman–Crippen MR) is 148 cm³/mol. The van der Waals surface area contributed by atoms with Crippen molar-refractivity contribution >= 4 is 23.9 Å². The van der Waals surface area contributed by atoms with Crippen molar-refractivity contribution in [2.75, 3.05) is 12.9 Å². The third-order valence-electron chi connectivity index (χ3n) is 5.71. The summed E-state index contributed by atoms with van der Waals surface area (Å²) < 4.78 is 7.21. The number of nitrogens with zero attached hydrogens (tertiary/aromatic N) is 4. The van der Waals surface area contributed by atoms with Gasteiger partial charge in [0.25, 0.3) is 5.91 Å². The number of ether oxygens (including phenoxy) is 1. The molecule has 196 valence electrons. The van der Waals surface area contributed by atoms with E-state index in [2.05, 4.69) is 53.6 Å². The van der Waals surface area contributed by atoms with Gasteiger partial charge in [-0.1, -0.05) is 56.8 Å². The summed E-state index contributed by atoms with van der Waals surface area (Å²) in [7, 11) is 1.61. The van der Waals surface area contributed by atoms with E-state index in [0.29, 0.717) is 16.5 Å². The van der Waals surface area contributed by atoms with Crippen LogP contribution >= 0.6 is 11.8 Å². The lowest BCUT2D eigenvalue weighted by atomic mass is 9.87. The van der Waals surface area contributed by atoms with Crippen molar-refractivity contribution in [1.82, 2.24) is 20.2 Å². The number of methoxy groups -OCH3 is 1. The summed E-state index contributed by atoms with van der Waals surface area (Å²) in [6.45, 7) is 6.50. The first-order chi connectivity index (χ1) is 18.2. The Bertz CT molecular complexity index is 1440. The molecule has 1 amide bonds. The molecule has 0 bridgehead atoms. The lowest BCUT2D eigenvalue weighted by Gasteiger charge is -2.19. The second kappa shape index (κ2) is 11.4. The van der Waals surface area contributed by atoms with Crippen molar-refractivity contribution in [3.63, 3.8) is 0 Å². The molecule has 0 unspecified atom stereocenters. The summed E-state index contributed by atoms with van der Waals surface area (Å²) in [5, 5.41) is 32.3. The molecule has 0 radical (unpaired) electrons. The van der Waals surface area contributed by atoms with Gasteiger partial charge in [-0.2, -0.15) is 5.10 Å². The van der Waals surface area contributed by atoms with Crippen LogP contribution in [0.15, 0.2) is 77.0 Å². The van der Waals surface area contributed by atoms with E-state index in [0.717, 1.165) is 17.0 Å². The third kappa shape index (κ3) is 6.33. The Balaban J connectivity index is 1.54. The van der Waals surface area contributed by atoms with Crippen molar-refractivity contribution in [3.05, 3.63) is 77.9 Å². The van der Waals surface area contributed by atoms with Crippen molar-refractivity contribution in [1.29, 1.82) is 0 Å². The van der Waals surface area contributed by atoms with Gasteiger partial charge < -0.3 is 14.9 Å². The number of amides is 1. The van der Waals surface area contributed by atoms with Crippen LogP contribution in [-0.4, -0.2) is 50.0 Å². The fourth-order valence-corrected chi connectivity index (χ4v) is 4.34. The number of phenolic OH excluding ortho intramolecular Hbond substituents is 2. The van der Waals surface area contributed by atoms with Gasteiger partial charge in [0.2, 0.25) is 0 Å². The Hall–Kier alpha value is -4.31. The molecule has 1 heterocycles. The first-order valence-corrected chi connectivity index (χ1v) is 12.8. The maximum atomic E-state index is 12.5. The van der Waals surface area contributed by atoms with E-state index in [9.17, 15) is 15.0 Å². The number of thioether (sulfide) groups is 1. The molecule has 0 saturated heterocycles. The van der Waals surface area contributed by atoms with Crippen molar-refractivity contribution in [2.24, 2.45) is 5.10 Å². The third-order valence-corrected chi connectivity index (χ3v) is 6.64. The number of hydrazone groups is 1. The summed E-state index contributed by atoms with van der Waals surface area (Å²) in [5.41, 5.74) is 5.96. The molecule has 0 saturated carbocycles. The zero-order valence-electron chi connectivity index (χ0n) is 21.5. The van der Waals surface area contributed by atoms with E-state index in [1.54, 1.807) is 13.2 Å². The molecule has 3 aromatic carbocycles. The number of carbonyl (C=O) groups excluding carboxylic acids is 1. The Morgan fingerprint density at radius 3 is 2.37 bits per heavy atom. The van der Waals surface area contributed by atoms with Gasteiger partial charge >= 0.3 is 0 Å². The molecule has 0 aliphatic rings. The van der Waals surface area contributed by atoms with Crippen LogP contribution in [0.3, 0.4) is 0 Å². The highest BCUT2D eigenvalue weighted by atomic mass is 32.2. The lowest BCUT2D eigenvalue weighted by molar-refractivity contribution is -0.118. The van der Waals surface area contributed by atoms with E-state index in [-0.39, 0.29) is 28.6 Å². The highest BCUT2D eigenvalue weighted by Gasteiger charge is 2.19. The van der Waals surface area contributed by atoms with Gasteiger partial charge in [0.15, 0.2) is 22.5 Å². The summed E-state index contributed by atoms with van der Waals surface area (Å²) in [5.74, 6) is 0.602. The van der Waals surface area contributed by atoms with E-state index in [1.165, 1.54) is 35.7 Å². The minimum Gasteiger partial charge on any atom is -0.504 e. The molecule has 10 heteroatoms. The monoisotopic (exact) mass is 531 g/mol. The summed E-state index contributed by atoms with van der Waals surface area (Å²) >= 11 is 1.23. The number of phenols is 2. The quantitative estimate of drug-likeness (QED) is 0.128. The summed E-state index contributed by atoms with van der Waals surface area (Å²) in [6, 6.07) is 20.0. The molecule has 1 aromatic heterocycles. The Morgan fingerprint density at radius 1 is 1.03 bits per heavy atom. The Morgan fingerprint density at radius 2 is 1.74 bits per heavy atom. The molecule has 9 nitrogen and oxygen atoms in total. The van der Waals surface area contributed by atoms with Crippen LogP contribution in [-0.2, 0) is 10.2 Å². The van der Waals surface area contributed by atoms with Crippen LogP contribution in [0.1, 0.15) is 31.9 Å². The van der Waals surface area contributed by atoms with Crippen molar-refractivity contribution in [2.45, 2.75) is 31.3 Å². The van der Waals surface area contributed by atoms with Crippen LogP contribution in [0, 0.1) is 0 Å². The lowest BCUT2D eigenvalue weighted by Crippen LogP contribution is -2.20. The molecule has 0 atom stereocenters. The van der Waals surface area contributed by atoms with Gasteiger partial charge in [-0.3, -0.25) is 9.36 Å². The maximum Gasteiger partial charge on any atom is 0.250 e. The topological polar surface area (TPSA) is 122 Å². The van der Waals surface area contributed by atoms with Crippen LogP contribution in [0.5, 0.6) is 17.2 Å². The van der Waals surface area contributed by atoms with Crippen molar-refractivity contribution in [3.8, 4) is 34.3 Å². The smallest absolute Gasteiger partial charge is 0.250 e. The molecular formula is C28H29N5O4S. The van der Waals surface area contributed by atoms with Gasteiger partial charge in [-0.05, 0) is 59.0 Å². The van der Waals surface area contributed by atoms with Crippen molar-refractivity contribution < 1.29 is 19.7 Å². The van der Waals surface area contributed by atoms with E-state index in [1.807, 2.05) is 41.0 Å². The molecule has 4 aromatic rings. The molecule has 0 aliphatic carbocycles. The number of hydrogen-bond acceptors (Lipinski definition) is 8. The van der Waals surface area contributed by atoms with Crippen LogP contribution in [0.2, 0.25) is 0 Å². The average Bonchev–Trinajstić information content (AvgIpc) is 3.33. The molecule has 0 fully saturated rings. The van der Waals surface area contributed by atoms with Gasteiger partial charge in [0.1, 0.15) is 5.75 Å². The minimum absolute atomic E-state index is 0.0295. The molecule has 0 aliphatic heterocycles. The predicted octanol–water partition coefficient (Wildman–Crippen LogP) is 4.89. The van der Waals surface area contributed by atoms with E-state index < -0.39 is 0 Å².